The van der Waals surface area contributed by atoms with Crippen molar-refractivity contribution in [2.75, 3.05) is 7.05 Å². The number of aliphatic hydroxyl groups is 2. The van der Waals surface area contributed by atoms with Gasteiger partial charge < -0.3 is 15.1 Å². The van der Waals surface area contributed by atoms with Gasteiger partial charge in [0.25, 0.3) is 0 Å². The number of rotatable bonds is 1. The highest BCUT2D eigenvalue weighted by Gasteiger charge is 2.29. The van der Waals surface area contributed by atoms with Gasteiger partial charge in [0.2, 0.25) is 5.91 Å². The minimum Gasteiger partial charge on any atom is -0.365 e. The number of carbonyl (C=O) groups excluding carboxylic acids is 1. The summed E-state index contributed by atoms with van der Waals surface area (Å²) < 4.78 is 0. The maximum atomic E-state index is 11.3. The number of carbonyl (C=O) groups is 1. The fraction of sp³-hybridized carbons (Fsp3) is 0.667. The minimum absolute atomic E-state index is 0.0226. The molecule has 4 nitrogen and oxygen atoms in total. The molecule has 1 atom stereocenters. The zero-order valence-corrected chi connectivity index (χ0v) is 8.11. The minimum atomic E-state index is -1.45. The molecule has 2 N–H and O–H groups in total. The lowest BCUT2D eigenvalue weighted by molar-refractivity contribution is -0.130. The third-order valence-corrected chi connectivity index (χ3v) is 2.58. The third kappa shape index (κ3) is 1.73. The molecule has 0 aliphatic carbocycles. The maximum absolute atomic E-state index is 11.3. The van der Waals surface area contributed by atoms with Crippen molar-refractivity contribution in [3.8, 4) is 0 Å². The molecule has 0 aromatic rings. The second-order valence-electron chi connectivity index (χ2n) is 3.47. The summed E-state index contributed by atoms with van der Waals surface area (Å²) in [5, 5.41) is 18.2. The Hall–Kier alpha value is -0.870. The lowest BCUT2D eigenvalue weighted by atomic mass is 9.91. The van der Waals surface area contributed by atoms with E-state index in [9.17, 15) is 4.79 Å². The maximum Gasteiger partial charge on any atom is 0.227 e. The van der Waals surface area contributed by atoms with Crippen molar-refractivity contribution in [3.63, 3.8) is 0 Å². The summed E-state index contributed by atoms with van der Waals surface area (Å²) in [6.45, 7) is 3.55. The summed E-state index contributed by atoms with van der Waals surface area (Å²) in [5.74, 6) is -0.0573. The molecule has 0 aromatic carbocycles. The fourth-order valence-corrected chi connectivity index (χ4v) is 1.69. The molecule has 74 valence electrons. The van der Waals surface area contributed by atoms with E-state index in [0.717, 1.165) is 0 Å². The van der Waals surface area contributed by atoms with Crippen molar-refractivity contribution in [3.05, 3.63) is 11.3 Å². The Labute approximate surface area is 77.5 Å². The summed E-state index contributed by atoms with van der Waals surface area (Å²) in [6, 6.07) is 0. The van der Waals surface area contributed by atoms with Crippen LogP contribution in [0.5, 0.6) is 0 Å². The summed E-state index contributed by atoms with van der Waals surface area (Å²) >= 11 is 0. The Morgan fingerprint density at radius 3 is 2.54 bits per heavy atom. The van der Waals surface area contributed by atoms with Crippen molar-refractivity contribution in [1.29, 1.82) is 0 Å². The second kappa shape index (κ2) is 3.47. The first kappa shape index (κ1) is 10.2. The van der Waals surface area contributed by atoms with E-state index in [4.69, 9.17) is 10.2 Å². The van der Waals surface area contributed by atoms with Crippen LogP contribution in [0.4, 0.5) is 0 Å². The van der Waals surface area contributed by atoms with Crippen LogP contribution >= 0.6 is 0 Å². The molecule has 1 unspecified atom stereocenters. The SMILES string of the molecule is CC1=C(C(O)O)C(C)CC(=O)N1C. The quantitative estimate of drug-likeness (QED) is 0.568. The van der Waals surface area contributed by atoms with Crippen molar-refractivity contribution >= 4 is 5.91 Å². The highest BCUT2D eigenvalue weighted by molar-refractivity contribution is 5.80. The number of aliphatic hydroxyl groups excluding tert-OH is 1. The molecular formula is C9H15NO3. The molecule has 13 heavy (non-hydrogen) atoms. The molecule has 0 fully saturated rings. The van der Waals surface area contributed by atoms with Gasteiger partial charge in [0.05, 0.1) is 0 Å². The lowest BCUT2D eigenvalue weighted by Crippen LogP contribution is -2.36. The summed E-state index contributed by atoms with van der Waals surface area (Å²) in [4.78, 5) is 12.8. The van der Waals surface area contributed by atoms with Gasteiger partial charge in [-0.15, -0.1) is 0 Å². The molecule has 0 aromatic heterocycles. The zero-order valence-electron chi connectivity index (χ0n) is 8.11. The van der Waals surface area contributed by atoms with Crippen LogP contribution in [0.15, 0.2) is 11.3 Å². The molecule has 0 saturated carbocycles. The van der Waals surface area contributed by atoms with Crippen molar-refractivity contribution in [2.45, 2.75) is 26.6 Å². The van der Waals surface area contributed by atoms with E-state index in [1.807, 2.05) is 6.92 Å². The topological polar surface area (TPSA) is 60.8 Å². The Bertz CT molecular complexity index is 258. The average Bonchev–Trinajstić information content (AvgIpc) is 1.99. The van der Waals surface area contributed by atoms with Gasteiger partial charge in [-0.05, 0) is 12.8 Å². The van der Waals surface area contributed by atoms with Crippen LogP contribution < -0.4 is 0 Å². The predicted octanol–water partition coefficient (Wildman–Crippen LogP) is 0.0693. The van der Waals surface area contributed by atoms with Crippen LogP contribution in [0.3, 0.4) is 0 Å². The van der Waals surface area contributed by atoms with Gasteiger partial charge in [-0.2, -0.15) is 0 Å². The number of hydrogen-bond acceptors (Lipinski definition) is 3. The predicted molar refractivity (Wildman–Crippen MR) is 47.5 cm³/mol. The fourth-order valence-electron chi connectivity index (χ4n) is 1.69. The Kier molecular flexibility index (Phi) is 2.73. The molecule has 1 amide bonds. The van der Waals surface area contributed by atoms with Gasteiger partial charge in [0.1, 0.15) is 0 Å². The molecule has 0 spiro atoms. The Morgan fingerprint density at radius 2 is 2.08 bits per heavy atom. The Balaban J connectivity index is 3.06. The van der Waals surface area contributed by atoms with Crippen LogP contribution in [0.2, 0.25) is 0 Å². The number of allylic oxidation sites excluding steroid dienone is 1. The van der Waals surface area contributed by atoms with Gasteiger partial charge in [-0.1, -0.05) is 6.92 Å². The highest BCUT2D eigenvalue weighted by atomic mass is 16.5. The van der Waals surface area contributed by atoms with E-state index in [1.165, 1.54) is 4.90 Å². The summed E-state index contributed by atoms with van der Waals surface area (Å²) in [7, 11) is 1.64. The molecule has 4 heteroatoms. The van der Waals surface area contributed by atoms with E-state index in [0.29, 0.717) is 17.7 Å². The first-order valence-electron chi connectivity index (χ1n) is 4.28. The van der Waals surface area contributed by atoms with E-state index in [1.54, 1.807) is 14.0 Å². The molecule has 1 aliphatic rings. The monoisotopic (exact) mass is 185 g/mol. The van der Waals surface area contributed by atoms with Crippen LogP contribution in [0.25, 0.3) is 0 Å². The van der Waals surface area contributed by atoms with Crippen molar-refractivity contribution < 1.29 is 15.0 Å². The van der Waals surface area contributed by atoms with Crippen molar-refractivity contribution in [1.82, 2.24) is 4.90 Å². The Morgan fingerprint density at radius 1 is 1.54 bits per heavy atom. The number of hydrogen-bond donors (Lipinski definition) is 2. The highest BCUT2D eigenvalue weighted by Crippen LogP contribution is 2.28. The first-order valence-corrected chi connectivity index (χ1v) is 4.28. The van der Waals surface area contributed by atoms with Gasteiger partial charge in [-0.3, -0.25) is 4.79 Å². The van der Waals surface area contributed by atoms with Gasteiger partial charge in [0, 0.05) is 24.7 Å². The third-order valence-electron chi connectivity index (χ3n) is 2.58. The first-order chi connectivity index (χ1) is 5.95. The second-order valence-corrected chi connectivity index (χ2v) is 3.47. The molecule has 0 radical (unpaired) electrons. The van der Waals surface area contributed by atoms with Gasteiger partial charge >= 0.3 is 0 Å². The van der Waals surface area contributed by atoms with Crippen LogP contribution in [0.1, 0.15) is 20.3 Å². The average molecular weight is 185 g/mol. The number of nitrogens with zero attached hydrogens (tertiary/aromatic N) is 1. The van der Waals surface area contributed by atoms with Crippen LogP contribution in [-0.4, -0.2) is 34.4 Å². The van der Waals surface area contributed by atoms with E-state index in [2.05, 4.69) is 0 Å². The summed E-state index contributed by atoms with van der Waals surface area (Å²) in [5.41, 5.74) is 1.20. The van der Waals surface area contributed by atoms with E-state index >= 15 is 0 Å². The van der Waals surface area contributed by atoms with E-state index in [-0.39, 0.29) is 11.8 Å². The number of amides is 1. The molecule has 1 aliphatic heterocycles. The van der Waals surface area contributed by atoms with Crippen molar-refractivity contribution in [2.24, 2.45) is 5.92 Å². The largest absolute Gasteiger partial charge is 0.365 e. The zero-order chi connectivity index (χ0) is 10.2. The standard InChI is InChI=1S/C9H15NO3/c1-5-4-7(11)10(3)6(2)8(5)9(12)13/h5,9,12-13H,4H2,1-3H3. The van der Waals surface area contributed by atoms with Crippen LogP contribution in [-0.2, 0) is 4.79 Å². The normalized spacial score (nSPS) is 24.6. The smallest absolute Gasteiger partial charge is 0.227 e. The molecule has 0 bridgehead atoms. The lowest BCUT2D eigenvalue weighted by Gasteiger charge is -2.31. The van der Waals surface area contributed by atoms with Gasteiger partial charge in [0.15, 0.2) is 6.29 Å². The summed E-state index contributed by atoms with van der Waals surface area (Å²) in [6.07, 6.45) is -1.11. The van der Waals surface area contributed by atoms with Crippen LogP contribution in [0, 0.1) is 5.92 Å². The molecule has 1 rings (SSSR count). The molecular weight excluding hydrogens is 170 g/mol. The molecule has 0 saturated heterocycles. The van der Waals surface area contributed by atoms with E-state index < -0.39 is 6.29 Å². The van der Waals surface area contributed by atoms with Gasteiger partial charge in [-0.25, -0.2) is 0 Å². The molecule has 1 heterocycles.